The fourth-order valence-electron chi connectivity index (χ4n) is 2.86. The summed E-state index contributed by atoms with van der Waals surface area (Å²) in [7, 11) is 0. The lowest BCUT2D eigenvalue weighted by Gasteiger charge is -2.35. The van der Waals surface area contributed by atoms with E-state index in [1.165, 1.54) is 0 Å². The fourth-order valence-corrected chi connectivity index (χ4v) is 2.86. The SMILES string of the molecule is CC12CC(O)CC[C@@H]1OC(c1ccccc1)O2. The molecule has 17 heavy (non-hydrogen) atoms. The van der Waals surface area contributed by atoms with Gasteiger partial charge in [-0.3, -0.25) is 0 Å². The van der Waals surface area contributed by atoms with Crippen molar-refractivity contribution < 1.29 is 14.6 Å². The van der Waals surface area contributed by atoms with Gasteiger partial charge in [0.1, 0.15) is 0 Å². The molecule has 3 nitrogen and oxygen atoms in total. The van der Waals surface area contributed by atoms with Gasteiger partial charge in [-0.1, -0.05) is 30.3 Å². The van der Waals surface area contributed by atoms with Gasteiger partial charge in [-0.2, -0.15) is 0 Å². The summed E-state index contributed by atoms with van der Waals surface area (Å²) < 4.78 is 12.0. The van der Waals surface area contributed by atoms with Crippen molar-refractivity contribution in [3.63, 3.8) is 0 Å². The van der Waals surface area contributed by atoms with Crippen LogP contribution < -0.4 is 0 Å². The molecule has 92 valence electrons. The highest BCUT2D eigenvalue weighted by Gasteiger charge is 2.49. The first kappa shape index (κ1) is 11.2. The molecule has 0 bridgehead atoms. The number of aliphatic hydroxyl groups excluding tert-OH is 1. The molecule has 4 atom stereocenters. The summed E-state index contributed by atoms with van der Waals surface area (Å²) in [5.41, 5.74) is 0.718. The van der Waals surface area contributed by atoms with Gasteiger partial charge in [0.05, 0.1) is 17.8 Å². The zero-order valence-electron chi connectivity index (χ0n) is 10.0. The minimum atomic E-state index is -0.335. The van der Waals surface area contributed by atoms with E-state index in [9.17, 15) is 5.11 Å². The molecule has 3 heteroatoms. The Labute approximate surface area is 101 Å². The minimum Gasteiger partial charge on any atom is -0.393 e. The van der Waals surface area contributed by atoms with Crippen molar-refractivity contribution in [1.29, 1.82) is 0 Å². The van der Waals surface area contributed by atoms with Gasteiger partial charge >= 0.3 is 0 Å². The third-order valence-corrected chi connectivity index (χ3v) is 3.82. The van der Waals surface area contributed by atoms with Crippen molar-refractivity contribution in [3.05, 3.63) is 35.9 Å². The van der Waals surface area contributed by atoms with Crippen molar-refractivity contribution in [3.8, 4) is 0 Å². The topological polar surface area (TPSA) is 38.7 Å². The lowest BCUT2D eigenvalue weighted by atomic mass is 9.82. The minimum absolute atomic E-state index is 0.108. The first-order valence-corrected chi connectivity index (χ1v) is 6.24. The molecule has 1 N–H and O–H groups in total. The van der Waals surface area contributed by atoms with Gasteiger partial charge in [0.2, 0.25) is 0 Å². The van der Waals surface area contributed by atoms with Crippen molar-refractivity contribution >= 4 is 0 Å². The van der Waals surface area contributed by atoms with Crippen LogP contribution in [0.1, 0.15) is 38.0 Å². The molecule has 1 heterocycles. The van der Waals surface area contributed by atoms with Crippen LogP contribution in [0.5, 0.6) is 0 Å². The molecule has 0 amide bonds. The number of ether oxygens (including phenoxy) is 2. The third kappa shape index (κ3) is 1.99. The first-order valence-electron chi connectivity index (χ1n) is 6.24. The predicted octanol–water partition coefficient (Wildman–Crippen LogP) is 2.40. The van der Waals surface area contributed by atoms with E-state index in [1.807, 2.05) is 37.3 Å². The maximum atomic E-state index is 9.74. The molecule has 3 unspecified atom stereocenters. The number of hydrogen-bond donors (Lipinski definition) is 1. The van der Waals surface area contributed by atoms with Crippen LogP contribution in [0.25, 0.3) is 0 Å². The average Bonchev–Trinajstić information content (AvgIpc) is 2.66. The van der Waals surface area contributed by atoms with Gasteiger partial charge in [-0.15, -0.1) is 0 Å². The summed E-state index contributed by atoms with van der Waals surface area (Å²) in [5, 5.41) is 9.74. The maximum Gasteiger partial charge on any atom is 0.185 e. The zero-order chi connectivity index (χ0) is 11.9. The molecule has 1 aromatic carbocycles. The average molecular weight is 234 g/mol. The van der Waals surface area contributed by atoms with E-state index in [2.05, 4.69) is 0 Å². The molecule has 3 rings (SSSR count). The second-order valence-corrected chi connectivity index (χ2v) is 5.23. The summed E-state index contributed by atoms with van der Waals surface area (Å²) in [6, 6.07) is 9.99. The van der Waals surface area contributed by atoms with E-state index in [4.69, 9.17) is 9.47 Å². The number of benzene rings is 1. The molecule has 1 saturated heterocycles. The molecule has 0 radical (unpaired) electrons. The van der Waals surface area contributed by atoms with Gasteiger partial charge in [-0.25, -0.2) is 0 Å². The molecule has 1 aromatic rings. The number of hydrogen-bond acceptors (Lipinski definition) is 3. The van der Waals surface area contributed by atoms with Crippen molar-refractivity contribution in [2.45, 2.75) is 50.3 Å². The number of fused-ring (bicyclic) bond motifs is 1. The smallest absolute Gasteiger partial charge is 0.185 e. The van der Waals surface area contributed by atoms with Crippen molar-refractivity contribution in [2.24, 2.45) is 0 Å². The summed E-state index contributed by atoms with van der Waals surface area (Å²) >= 11 is 0. The summed E-state index contributed by atoms with van der Waals surface area (Å²) in [6.07, 6.45) is 1.93. The molecule has 2 aliphatic rings. The predicted molar refractivity (Wildman–Crippen MR) is 63.4 cm³/mol. The van der Waals surface area contributed by atoms with E-state index in [0.717, 1.165) is 18.4 Å². The molecule has 0 spiro atoms. The summed E-state index contributed by atoms with van der Waals surface area (Å²) in [5.74, 6) is 0. The standard InChI is InChI=1S/C14H18O3/c1-14-9-11(15)7-8-12(14)16-13(17-14)10-5-3-2-4-6-10/h2-6,11-13,15H,7-9H2,1H3/t11?,12-,13?,14?/m0/s1. The second kappa shape index (κ2) is 4.09. The lowest BCUT2D eigenvalue weighted by Crippen LogP contribution is -2.44. The summed E-state index contributed by atoms with van der Waals surface area (Å²) in [4.78, 5) is 0. The molecular weight excluding hydrogens is 216 g/mol. The molecule has 2 fully saturated rings. The van der Waals surface area contributed by atoms with Gasteiger partial charge in [0.25, 0.3) is 0 Å². The van der Waals surface area contributed by atoms with Crippen LogP contribution in [-0.2, 0) is 9.47 Å². The van der Waals surface area contributed by atoms with Crippen LogP contribution in [-0.4, -0.2) is 22.9 Å². The first-order chi connectivity index (χ1) is 8.17. The summed E-state index contributed by atoms with van der Waals surface area (Å²) in [6.45, 7) is 2.04. The highest BCUT2D eigenvalue weighted by Crippen LogP contribution is 2.45. The second-order valence-electron chi connectivity index (χ2n) is 5.23. The molecule has 1 aliphatic heterocycles. The highest BCUT2D eigenvalue weighted by atomic mass is 16.7. The molecule has 1 saturated carbocycles. The van der Waals surface area contributed by atoms with Gasteiger partial charge < -0.3 is 14.6 Å². The number of rotatable bonds is 1. The maximum absolute atomic E-state index is 9.74. The Morgan fingerprint density at radius 2 is 2.00 bits per heavy atom. The Balaban J connectivity index is 1.80. The van der Waals surface area contributed by atoms with Crippen LogP contribution in [0.3, 0.4) is 0 Å². The highest BCUT2D eigenvalue weighted by molar-refractivity contribution is 5.17. The van der Waals surface area contributed by atoms with Gasteiger partial charge in [0, 0.05) is 12.0 Å². The van der Waals surface area contributed by atoms with Crippen LogP contribution in [0, 0.1) is 0 Å². The van der Waals surface area contributed by atoms with Crippen molar-refractivity contribution in [1.82, 2.24) is 0 Å². The van der Waals surface area contributed by atoms with Gasteiger partial charge in [-0.05, 0) is 19.8 Å². The van der Waals surface area contributed by atoms with E-state index >= 15 is 0 Å². The number of aliphatic hydroxyl groups is 1. The Morgan fingerprint density at radius 1 is 1.24 bits per heavy atom. The monoisotopic (exact) mass is 234 g/mol. The fraction of sp³-hybridized carbons (Fsp3) is 0.571. The van der Waals surface area contributed by atoms with Crippen LogP contribution in [0.4, 0.5) is 0 Å². The third-order valence-electron chi connectivity index (χ3n) is 3.82. The Kier molecular flexibility index (Phi) is 2.69. The van der Waals surface area contributed by atoms with E-state index in [1.54, 1.807) is 0 Å². The Bertz CT molecular complexity index is 392. The zero-order valence-corrected chi connectivity index (χ0v) is 10.0. The van der Waals surface area contributed by atoms with Crippen molar-refractivity contribution in [2.75, 3.05) is 0 Å². The normalized spacial score (nSPS) is 41.2. The Morgan fingerprint density at radius 3 is 2.76 bits per heavy atom. The largest absolute Gasteiger partial charge is 0.393 e. The van der Waals surface area contributed by atoms with Gasteiger partial charge in [0.15, 0.2) is 6.29 Å². The molecule has 1 aliphatic carbocycles. The quantitative estimate of drug-likeness (QED) is 0.811. The molecule has 0 aromatic heterocycles. The lowest BCUT2D eigenvalue weighted by molar-refractivity contribution is -0.0973. The molecular formula is C14H18O3. The van der Waals surface area contributed by atoms with E-state index in [-0.39, 0.29) is 24.1 Å². The van der Waals surface area contributed by atoms with E-state index in [0.29, 0.717) is 6.42 Å². The Hall–Kier alpha value is -0.900. The van der Waals surface area contributed by atoms with Crippen LogP contribution in [0.2, 0.25) is 0 Å². The van der Waals surface area contributed by atoms with Crippen LogP contribution >= 0.6 is 0 Å². The van der Waals surface area contributed by atoms with Crippen LogP contribution in [0.15, 0.2) is 30.3 Å². The van der Waals surface area contributed by atoms with E-state index < -0.39 is 0 Å².